The Balaban J connectivity index is 1.75. The number of amides is 1. The topological polar surface area (TPSA) is 44.4 Å². The summed E-state index contributed by atoms with van der Waals surface area (Å²) in [5.41, 5.74) is 0.881. The van der Waals surface area contributed by atoms with Crippen LogP contribution in [-0.4, -0.2) is 44.0 Å². The predicted molar refractivity (Wildman–Crippen MR) is 90.9 cm³/mol. The van der Waals surface area contributed by atoms with Crippen LogP contribution in [0.25, 0.3) is 0 Å². The van der Waals surface area contributed by atoms with Gasteiger partial charge in [0.1, 0.15) is 0 Å². The average molecular weight is 387 g/mol. The van der Waals surface area contributed by atoms with Crippen molar-refractivity contribution in [2.45, 2.75) is 12.8 Å². The maximum Gasteiger partial charge on any atom is 0.238 e. The highest BCUT2D eigenvalue weighted by Gasteiger charge is 2.20. The van der Waals surface area contributed by atoms with Crippen LogP contribution in [0.2, 0.25) is 0 Å². The zero-order chi connectivity index (χ0) is 14.4. The molecule has 1 fully saturated rings. The van der Waals surface area contributed by atoms with E-state index in [2.05, 4.69) is 38.1 Å². The molecule has 2 N–H and O–H groups in total. The fourth-order valence-corrected chi connectivity index (χ4v) is 3.15. The van der Waals surface area contributed by atoms with E-state index in [4.69, 9.17) is 0 Å². The molecule has 0 bridgehead atoms. The normalized spacial score (nSPS) is 17.1. The lowest BCUT2D eigenvalue weighted by molar-refractivity contribution is -0.117. The van der Waals surface area contributed by atoms with Gasteiger partial charge in [0.15, 0.2) is 0 Å². The Morgan fingerprint density at radius 2 is 2.15 bits per heavy atom. The minimum atomic E-state index is 0.0825. The van der Waals surface area contributed by atoms with Gasteiger partial charge in [-0.3, -0.25) is 9.69 Å². The summed E-state index contributed by atoms with van der Waals surface area (Å²) < 4.78 is 1.13. The average Bonchev–Trinajstić information content (AvgIpc) is 2.41. The Bertz CT molecular complexity index is 444. The number of piperidine rings is 1. The lowest BCUT2D eigenvalue weighted by Gasteiger charge is -2.31. The van der Waals surface area contributed by atoms with Crippen LogP contribution in [0.3, 0.4) is 0 Å². The molecule has 0 radical (unpaired) electrons. The molecule has 20 heavy (non-hydrogen) atoms. The monoisotopic (exact) mass is 387 g/mol. The number of carbonyl (C=O) groups excluding carboxylic acids is 1. The Morgan fingerprint density at radius 3 is 2.80 bits per heavy atom. The summed E-state index contributed by atoms with van der Waals surface area (Å²) in [6, 6.07) is 7.89. The van der Waals surface area contributed by atoms with Gasteiger partial charge in [0, 0.05) is 9.26 Å². The van der Waals surface area contributed by atoms with Crippen LogP contribution < -0.4 is 10.6 Å². The quantitative estimate of drug-likeness (QED) is 0.762. The van der Waals surface area contributed by atoms with Crippen LogP contribution in [0.5, 0.6) is 0 Å². The third kappa shape index (κ3) is 5.03. The number of benzene rings is 1. The molecule has 0 unspecified atom stereocenters. The van der Waals surface area contributed by atoms with Gasteiger partial charge < -0.3 is 10.6 Å². The molecular weight excluding hydrogens is 365 g/mol. The third-order valence-corrected chi connectivity index (χ3v) is 4.35. The molecule has 0 spiro atoms. The SMILES string of the molecule is CNCC1CCN(CC(=O)Nc2cccc(I)c2)CC1. The van der Waals surface area contributed by atoms with Gasteiger partial charge in [0.25, 0.3) is 0 Å². The van der Waals surface area contributed by atoms with Gasteiger partial charge in [-0.25, -0.2) is 0 Å². The Labute approximate surface area is 134 Å². The summed E-state index contributed by atoms with van der Waals surface area (Å²) in [4.78, 5) is 14.3. The number of hydrogen-bond acceptors (Lipinski definition) is 3. The molecule has 1 aliphatic heterocycles. The van der Waals surface area contributed by atoms with Crippen molar-refractivity contribution in [1.82, 2.24) is 10.2 Å². The second-order valence-corrected chi connectivity index (χ2v) is 6.58. The standard InChI is InChI=1S/C15H22IN3O/c1-17-10-12-5-7-19(8-6-12)11-15(20)18-14-4-2-3-13(16)9-14/h2-4,9,12,17H,5-8,10-11H2,1H3,(H,18,20). The Hall–Kier alpha value is -0.660. The number of nitrogens with zero attached hydrogens (tertiary/aromatic N) is 1. The molecule has 1 aliphatic rings. The van der Waals surface area contributed by atoms with E-state index in [1.165, 1.54) is 12.8 Å². The molecule has 1 aromatic rings. The van der Waals surface area contributed by atoms with Crippen LogP contribution >= 0.6 is 22.6 Å². The smallest absolute Gasteiger partial charge is 0.238 e. The van der Waals surface area contributed by atoms with Gasteiger partial charge in [-0.05, 0) is 86.2 Å². The highest BCUT2D eigenvalue weighted by molar-refractivity contribution is 14.1. The first-order valence-electron chi connectivity index (χ1n) is 7.10. The molecular formula is C15H22IN3O. The molecule has 1 amide bonds. The summed E-state index contributed by atoms with van der Waals surface area (Å²) in [6.07, 6.45) is 2.36. The van der Waals surface area contributed by atoms with Crippen LogP contribution in [-0.2, 0) is 4.79 Å². The van der Waals surface area contributed by atoms with Gasteiger partial charge in [-0.15, -0.1) is 0 Å². The molecule has 0 atom stereocenters. The zero-order valence-electron chi connectivity index (χ0n) is 11.9. The van der Waals surface area contributed by atoms with Crippen molar-refractivity contribution in [2.75, 3.05) is 38.5 Å². The van der Waals surface area contributed by atoms with E-state index >= 15 is 0 Å². The van der Waals surface area contributed by atoms with Crippen molar-refractivity contribution in [2.24, 2.45) is 5.92 Å². The summed E-state index contributed by atoms with van der Waals surface area (Å²) in [7, 11) is 2.00. The summed E-state index contributed by atoms with van der Waals surface area (Å²) >= 11 is 2.25. The number of hydrogen-bond donors (Lipinski definition) is 2. The van der Waals surface area contributed by atoms with Crippen LogP contribution in [0, 0.1) is 9.49 Å². The minimum Gasteiger partial charge on any atom is -0.325 e. The summed E-state index contributed by atoms with van der Waals surface area (Å²) in [5, 5.41) is 6.20. The molecule has 1 saturated heterocycles. The van der Waals surface area contributed by atoms with Crippen molar-refractivity contribution in [3.05, 3.63) is 27.8 Å². The Kier molecular flexibility index (Phi) is 6.25. The highest BCUT2D eigenvalue weighted by atomic mass is 127. The van der Waals surface area contributed by atoms with E-state index in [0.29, 0.717) is 6.54 Å². The molecule has 2 rings (SSSR count). The number of likely N-dealkylation sites (tertiary alicyclic amines) is 1. The van der Waals surface area contributed by atoms with E-state index in [0.717, 1.165) is 34.8 Å². The largest absolute Gasteiger partial charge is 0.325 e. The lowest BCUT2D eigenvalue weighted by Crippen LogP contribution is -2.40. The van der Waals surface area contributed by atoms with E-state index in [-0.39, 0.29) is 5.91 Å². The lowest BCUT2D eigenvalue weighted by atomic mass is 9.97. The zero-order valence-corrected chi connectivity index (χ0v) is 14.0. The second kappa shape index (κ2) is 7.95. The molecule has 1 heterocycles. The van der Waals surface area contributed by atoms with Crippen molar-refractivity contribution >= 4 is 34.2 Å². The van der Waals surface area contributed by atoms with E-state index in [9.17, 15) is 4.79 Å². The maximum absolute atomic E-state index is 12.0. The fourth-order valence-electron chi connectivity index (χ4n) is 2.61. The fraction of sp³-hybridized carbons (Fsp3) is 0.533. The van der Waals surface area contributed by atoms with Crippen molar-refractivity contribution in [3.63, 3.8) is 0 Å². The van der Waals surface area contributed by atoms with Gasteiger partial charge in [-0.2, -0.15) is 0 Å². The Morgan fingerprint density at radius 1 is 1.40 bits per heavy atom. The van der Waals surface area contributed by atoms with Gasteiger partial charge in [0.05, 0.1) is 6.54 Å². The third-order valence-electron chi connectivity index (χ3n) is 3.68. The second-order valence-electron chi connectivity index (χ2n) is 5.34. The van der Waals surface area contributed by atoms with E-state index in [1.807, 2.05) is 31.3 Å². The van der Waals surface area contributed by atoms with Crippen molar-refractivity contribution in [3.8, 4) is 0 Å². The molecule has 0 aromatic heterocycles. The number of halogens is 1. The molecule has 110 valence electrons. The first kappa shape index (κ1) is 15.7. The number of anilines is 1. The van der Waals surface area contributed by atoms with Crippen LogP contribution in [0.4, 0.5) is 5.69 Å². The van der Waals surface area contributed by atoms with Gasteiger partial charge >= 0.3 is 0 Å². The maximum atomic E-state index is 12.0. The first-order valence-corrected chi connectivity index (χ1v) is 8.17. The van der Waals surface area contributed by atoms with Crippen LogP contribution in [0.1, 0.15) is 12.8 Å². The van der Waals surface area contributed by atoms with Gasteiger partial charge in [0.2, 0.25) is 5.91 Å². The summed E-state index contributed by atoms with van der Waals surface area (Å²) in [5.74, 6) is 0.842. The van der Waals surface area contributed by atoms with Crippen LogP contribution in [0.15, 0.2) is 24.3 Å². The highest BCUT2D eigenvalue weighted by Crippen LogP contribution is 2.16. The molecule has 0 aliphatic carbocycles. The van der Waals surface area contributed by atoms with Crippen molar-refractivity contribution < 1.29 is 4.79 Å². The number of nitrogens with one attached hydrogen (secondary N) is 2. The van der Waals surface area contributed by atoms with E-state index < -0.39 is 0 Å². The summed E-state index contributed by atoms with van der Waals surface area (Å²) in [6.45, 7) is 3.62. The minimum absolute atomic E-state index is 0.0825. The van der Waals surface area contributed by atoms with Gasteiger partial charge in [-0.1, -0.05) is 6.07 Å². The number of carbonyl (C=O) groups is 1. The number of rotatable bonds is 5. The van der Waals surface area contributed by atoms with Crippen molar-refractivity contribution in [1.29, 1.82) is 0 Å². The molecule has 1 aromatic carbocycles. The molecule has 4 nitrogen and oxygen atoms in total. The predicted octanol–water partition coefficient (Wildman–Crippen LogP) is 2.16. The first-order chi connectivity index (χ1) is 9.67. The van der Waals surface area contributed by atoms with E-state index in [1.54, 1.807) is 0 Å². The molecule has 0 saturated carbocycles. The molecule has 5 heteroatoms.